The highest BCUT2D eigenvalue weighted by Gasteiger charge is 2.52. The fourth-order valence-corrected chi connectivity index (χ4v) is 5.77. The van der Waals surface area contributed by atoms with Crippen molar-refractivity contribution in [2.45, 2.75) is 24.9 Å². The first-order valence-electron chi connectivity index (χ1n) is 11.5. The van der Waals surface area contributed by atoms with E-state index in [2.05, 4.69) is 27.6 Å². The first-order chi connectivity index (χ1) is 16.1. The van der Waals surface area contributed by atoms with Gasteiger partial charge in [-0.1, -0.05) is 48.5 Å². The number of piperidine rings is 3. The maximum atomic E-state index is 13.5. The van der Waals surface area contributed by atoms with Crippen LogP contribution in [-0.2, 0) is 9.53 Å². The number of aromatic nitrogens is 2. The van der Waals surface area contributed by atoms with Crippen molar-refractivity contribution in [1.82, 2.24) is 10.2 Å². The smallest absolute Gasteiger partial charge is 0.422 e. The van der Waals surface area contributed by atoms with Crippen LogP contribution in [0.15, 0.2) is 66.9 Å². The van der Waals surface area contributed by atoms with Crippen molar-refractivity contribution in [3.63, 3.8) is 0 Å². The molecular weight excluding hydrogens is 496 g/mol. The molecule has 3 aliphatic heterocycles. The Morgan fingerprint density at radius 1 is 0.912 bits per heavy atom. The number of anilines is 1. The molecule has 2 bridgehead atoms. The summed E-state index contributed by atoms with van der Waals surface area (Å²) in [5.41, 5.74) is 4.18. The summed E-state index contributed by atoms with van der Waals surface area (Å²) in [5.74, 6) is 0.0916. The minimum absolute atomic E-state index is 0. The number of carbonyl (C=O) groups is 2. The van der Waals surface area contributed by atoms with E-state index in [0.29, 0.717) is 18.3 Å². The third-order valence-corrected chi connectivity index (χ3v) is 7.49. The quantitative estimate of drug-likeness (QED) is 0.411. The molecule has 2 aromatic carbocycles. The first kappa shape index (κ1) is 22.7. The molecule has 0 saturated carbocycles. The minimum Gasteiger partial charge on any atom is -1.00 e. The maximum Gasteiger partial charge on any atom is 0.422 e. The molecule has 3 saturated heterocycles. The molecule has 0 unspecified atom stereocenters. The van der Waals surface area contributed by atoms with Gasteiger partial charge in [0.1, 0.15) is 12.5 Å². The van der Waals surface area contributed by atoms with Gasteiger partial charge in [0.05, 0.1) is 13.1 Å². The summed E-state index contributed by atoms with van der Waals surface area (Å²) in [7, 11) is 0. The minimum atomic E-state index is -0.422. The van der Waals surface area contributed by atoms with Crippen molar-refractivity contribution >= 4 is 17.8 Å². The van der Waals surface area contributed by atoms with Crippen LogP contribution in [0.2, 0.25) is 0 Å². The number of hydrogen-bond acceptors (Lipinski definition) is 5. The van der Waals surface area contributed by atoms with Gasteiger partial charge in [-0.05, 0) is 34.4 Å². The van der Waals surface area contributed by atoms with Gasteiger partial charge in [-0.15, -0.1) is 5.10 Å². The number of fused-ring (bicyclic) bond motifs is 6. The lowest BCUT2D eigenvalue weighted by Crippen LogP contribution is -3.00. The summed E-state index contributed by atoms with van der Waals surface area (Å²) in [6.45, 7) is 2.00. The van der Waals surface area contributed by atoms with Gasteiger partial charge >= 0.3 is 12.0 Å². The normalized spacial score (nSPS) is 24.5. The van der Waals surface area contributed by atoms with Crippen molar-refractivity contribution in [1.29, 1.82) is 0 Å². The van der Waals surface area contributed by atoms with E-state index >= 15 is 0 Å². The Kier molecular flexibility index (Phi) is 5.95. The molecule has 1 atom stereocenters. The highest BCUT2D eigenvalue weighted by Crippen LogP contribution is 2.46. The number of quaternary nitrogens is 1. The van der Waals surface area contributed by atoms with Gasteiger partial charge in [-0.3, -0.25) is 10.1 Å². The number of urea groups is 1. The SMILES string of the molecule is O=C(O[C@H]1C[N+]2(C(=O)Nc3cccnn3)CCC1CC2)C1c2ccccc2-c2ccccc21.[Br-]. The topological polar surface area (TPSA) is 81.2 Å². The lowest BCUT2D eigenvalue weighted by molar-refractivity contribution is -0.869. The number of nitrogens with one attached hydrogen (secondary N) is 1. The fourth-order valence-electron chi connectivity index (χ4n) is 5.77. The maximum absolute atomic E-state index is 13.5. The summed E-state index contributed by atoms with van der Waals surface area (Å²) in [6.07, 6.45) is 3.03. The summed E-state index contributed by atoms with van der Waals surface area (Å²) in [5, 5.41) is 10.7. The molecular formula is C26H25BrN4O3. The Morgan fingerprint density at radius 3 is 2.18 bits per heavy atom. The second kappa shape index (κ2) is 8.92. The first-order valence-corrected chi connectivity index (χ1v) is 11.5. The van der Waals surface area contributed by atoms with Crippen LogP contribution in [0.1, 0.15) is 29.9 Å². The zero-order valence-electron chi connectivity index (χ0n) is 18.6. The van der Waals surface area contributed by atoms with E-state index < -0.39 is 5.92 Å². The molecule has 1 aromatic heterocycles. The van der Waals surface area contributed by atoms with Gasteiger partial charge in [-0.25, -0.2) is 9.28 Å². The monoisotopic (exact) mass is 520 g/mol. The average molecular weight is 521 g/mol. The predicted octanol–water partition coefficient (Wildman–Crippen LogP) is 0.977. The van der Waals surface area contributed by atoms with E-state index in [1.165, 1.54) is 0 Å². The van der Waals surface area contributed by atoms with Gasteiger partial charge in [0, 0.05) is 25.0 Å². The molecule has 174 valence electrons. The Morgan fingerprint density at radius 2 is 1.56 bits per heavy atom. The molecule has 7 rings (SSSR count). The largest absolute Gasteiger partial charge is 1.00 e. The van der Waals surface area contributed by atoms with Crippen LogP contribution < -0.4 is 22.3 Å². The summed E-state index contributed by atoms with van der Waals surface area (Å²) in [6, 6.07) is 19.5. The highest BCUT2D eigenvalue weighted by atomic mass is 79.9. The summed E-state index contributed by atoms with van der Waals surface area (Å²) in [4.78, 5) is 26.7. The van der Waals surface area contributed by atoms with E-state index in [1.807, 2.05) is 36.4 Å². The number of carbonyl (C=O) groups excluding carboxylic acids is 2. The van der Waals surface area contributed by atoms with E-state index in [4.69, 9.17) is 4.74 Å². The number of benzene rings is 2. The third kappa shape index (κ3) is 3.71. The predicted molar refractivity (Wildman–Crippen MR) is 122 cm³/mol. The van der Waals surface area contributed by atoms with Crippen molar-refractivity contribution < 1.29 is 35.8 Å². The molecule has 4 heterocycles. The third-order valence-electron chi connectivity index (χ3n) is 7.49. The Balaban J connectivity index is 0.00000241. The molecule has 3 fully saturated rings. The van der Waals surface area contributed by atoms with Crippen LogP contribution in [0.3, 0.4) is 0 Å². The number of ether oxygens (including phenoxy) is 1. The molecule has 3 aromatic rings. The molecule has 4 aliphatic rings. The number of nitrogens with zero attached hydrogens (tertiary/aromatic N) is 3. The number of amides is 2. The number of esters is 1. The average Bonchev–Trinajstić information content (AvgIpc) is 3.20. The van der Waals surface area contributed by atoms with Crippen LogP contribution in [0.4, 0.5) is 10.6 Å². The second-order valence-corrected chi connectivity index (χ2v) is 9.23. The van der Waals surface area contributed by atoms with Gasteiger partial charge in [0.2, 0.25) is 0 Å². The van der Waals surface area contributed by atoms with Crippen molar-refractivity contribution in [2.24, 2.45) is 5.92 Å². The lowest BCUT2D eigenvalue weighted by Gasteiger charge is -2.49. The van der Waals surface area contributed by atoms with Gasteiger partial charge in [-0.2, -0.15) is 5.10 Å². The van der Waals surface area contributed by atoms with Gasteiger partial charge in [0.25, 0.3) is 0 Å². The number of rotatable bonds is 3. The van der Waals surface area contributed by atoms with Crippen LogP contribution in [0, 0.1) is 5.92 Å². The van der Waals surface area contributed by atoms with E-state index in [-0.39, 0.29) is 39.6 Å². The number of hydrogen-bond donors (Lipinski definition) is 1. The van der Waals surface area contributed by atoms with Crippen molar-refractivity contribution in [2.75, 3.05) is 25.0 Å². The Bertz CT molecular complexity index is 1180. The molecule has 0 spiro atoms. The highest BCUT2D eigenvalue weighted by molar-refractivity contribution is 5.93. The molecule has 1 N–H and O–H groups in total. The van der Waals surface area contributed by atoms with Crippen molar-refractivity contribution in [3.8, 4) is 11.1 Å². The Labute approximate surface area is 208 Å². The fraction of sp³-hybridized carbons (Fsp3) is 0.308. The zero-order chi connectivity index (χ0) is 22.4. The van der Waals surface area contributed by atoms with Gasteiger partial charge < -0.3 is 21.7 Å². The summed E-state index contributed by atoms with van der Waals surface area (Å²) >= 11 is 0. The van der Waals surface area contributed by atoms with Crippen LogP contribution in [0.5, 0.6) is 0 Å². The number of halogens is 1. The van der Waals surface area contributed by atoms with Crippen LogP contribution in [-0.4, -0.2) is 52.4 Å². The Hall–Kier alpha value is -3.10. The molecule has 34 heavy (non-hydrogen) atoms. The van der Waals surface area contributed by atoms with Gasteiger partial charge in [0.15, 0.2) is 11.9 Å². The van der Waals surface area contributed by atoms with E-state index in [0.717, 1.165) is 48.2 Å². The summed E-state index contributed by atoms with van der Waals surface area (Å²) < 4.78 is 6.45. The second-order valence-electron chi connectivity index (χ2n) is 9.23. The molecule has 2 amide bonds. The zero-order valence-corrected chi connectivity index (χ0v) is 20.1. The molecule has 0 radical (unpaired) electrons. The van der Waals surface area contributed by atoms with E-state index in [9.17, 15) is 9.59 Å². The molecule has 7 nitrogen and oxygen atoms in total. The lowest BCUT2D eigenvalue weighted by atomic mass is 9.83. The van der Waals surface area contributed by atoms with E-state index in [1.54, 1.807) is 18.3 Å². The molecule has 1 aliphatic carbocycles. The molecule has 8 heteroatoms. The standard InChI is InChI=1S/C26H24N4O3.BrH/c31-25(24-20-8-3-1-6-18(20)19-7-2-4-9-21(19)24)33-22-16-30(14-11-17(22)12-15-30)26(32)28-23-10-5-13-27-29-23;/h1-10,13,17,22,24H,11-12,14-16H2;1H/t17?,22-,30?;/m0./s1. The van der Waals surface area contributed by atoms with Crippen LogP contribution in [0.25, 0.3) is 11.1 Å². The van der Waals surface area contributed by atoms with Crippen molar-refractivity contribution in [3.05, 3.63) is 78.0 Å². The van der Waals surface area contributed by atoms with Crippen LogP contribution >= 0.6 is 0 Å².